The number of halogens is 3. The first-order valence-electron chi connectivity index (χ1n) is 10.9. The minimum atomic E-state index is -4.17. The predicted octanol–water partition coefficient (Wildman–Crippen LogP) is 4.97. The van der Waals surface area contributed by atoms with Gasteiger partial charge in [-0.25, -0.2) is 0 Å². The van der Waals surface area contributed by atoms with Crippen LogP contribution in [0.1, 0.15) is 47.7 Å². The molecule has 1 aromatic rings. The molecule has 0 spiro atoms. The van der Waals surface area contributed by atoms with Gasteiger partial charge in [-0.15, -0.1) is 0 Å². The number of alkyl halides is 3. The average Bonchev–Trinajstić information content (AvgIpc) is 3.40. The molecule has 7 heteroatoms. The summed E-state index contributed by atoms with van der Waals surface area (Å²) in [6.07, 6.45) is -0.872. The van der Waals surface area contributed by atoms with E-state index in [4.69, 9.17) is 4.74 Å². The fraction of sp³-hybridized carbons (Fsp3) is 0.480. The van der Waals surface area contributed by atoms with Gasteiger partial charge in [0.25, 0.3) is 0 Å². The smallest absolute Gasteiger partial charge is 0.417 e. The summed E-state index contributed by atoms with van der Waals surface area (Å²) in [4.78, 5) is 15.3. The molecule has 0 aromatic heterocycles. The van der Waals surface area contributed by atoms with Gasteiger partial charge in [0.15, 0.2) is 5.78 Å². The number of likely N-dealkylation sites (tertiary alicyclic amines) is 1. The number of ketones is 1. The highest BCUT2D eigenvalue weighted by Gasteiger charge is 2.40. The summed E-state index contributed by atoms with van der Waals surface area (Å²) >= 11 is 0. The number of nitrogens with zero attached hydrogens (tertiary/aromatic N) is 1. The summed E-state index contributed by atoms with van der Waals surface area (Å²) in [5.74, 6) is 0.983. The summed E-state index contributed by atoms with van der Waals surface area (Å²) in [6, 6.07) is 9.96. The number of carbonyl (C=O) groups excluding carboxylic acids is 1. The highest BCUT2D eigenvalue weighted by Crippen LogP contribution is 2.46. The SMILES string of the molecule is COc1ccc2c(c1)C(=O)C(C)(CN1CCC(O)CC1)CC2.FC(F)(F)c1ccc2cc1-2. The van der Waals surface area contributed by atoms with E-state index in [-0.39, 0.29) is 17.3 Å². The van der Waals surface area contributed by atoms with Crippen LogP contribution in [0.4, 0.5) is 13.2 Å². The Morgan fingerprint density at radius 3 is 2.38 bits per heavy atom. The molecule has 0 bridgehead atoms. The molecule has 0 saturated carbocycles. The third-order valence-corrected chi connectivity index (χ3v) is 6.74. The van der Waals surface area contributed by atoms with Crippen molar-refractivity contribution >= 4 is 5.78 Å². The van der Waals surface area contributed by atoms with Crippen LogP contribution in [0.2, 0.25) is 0 Å². The second-order valence-corrected chi connectivity index (χ2v) is 9.18. The number of hydrogen-bond donors (Lipinski definition) is 1. The molecule has 1 unspecified atom stereocenters. The Labute approximate surface area is 186 Å². The Bertz CT molecular complexity index is 1010. The van der Waals surface area contributed by atoms with Crippen molar-refractivity contribution in [2.45, 2.75) is 44.9 Å². The van der Waals surface area contributed by atoms with E-state index in [0.717, 1.165) is 73.8 Å². The molecule has 1 N–H and O–H groups in total. The third kappa shape index (κ3) is 4.69. The second-order valence-electron chi connectivity index (χ2n) is 9.18. The zero-order valence-electron chi connectivity index (χ0n) is 18.3. The van der Waals surface area contributed by atoms with Gasteiger partial charge in [0.05, 0.1) is 18.8 Å². The van der Waals surface area contributed by atoms with Crippen LogP contribution in [-0.4, -0.2) is 48.6 Å². The Balaban J connectivity index is 0.000000203. The zero-order valence-corrected chi connectivity index (χ0v) is 18.3. The summed E-state index contributed by atoms with van der Waals surface area (Å²) in [7, 11) is 1.63. The van der Waals surface area contributed by atoms with Crippen molar-refractivity contribution in [1.29, 1.82) is 0 Å². The van der Waals surface area contributed by atoms with Crippen LogP contribution in [0, 0.1) is 5.41 Å². The lowest BCUT2D eigenvalue weighted by molar-refractivity contribution is -0.136. The zero-order chi connectivity index (χ0) is 23.1. The van der Waals surface area contributed by atoms with Crippen molar-refractivity contribution in [3.05, 3.63) is 53.1 Å². The molecule has 1 aromatic carbocycles. The summed E-state index contributed by atoms with van der Waals surface area (Å²) < 4.78 is 41.0. The van der Waals surface area contributed by atoms with Gasteiger partial charge in [0, 0.05) is 30.6 Å². The van der Waals surface area contributed by atoms with Crippen LogP contribution in [-0.2, 0) is 12.6 Å². The van der Waals surface area contributed by atoms with Crippen molar-refractivity contribution in [1.82, 2.24) is 4.90 Å². The fourth-order valence-corrected chi connectivity index (χ4v) is 4.68. The van der Waals surface area contributed by atoms with Gasteiger partial charge >= 0.3 is 6.18 Å². The van der Waals surface area contributed by atoms with E-state index in [1.165, 1.54) is 12.1 Å². The molecular weight excluding hydrogens is 419 g/mol. The Hall–Kier alpha value is -2.38. The molecule has 4 aliphatic rings. The first-order chi connectivity index (χ1) is 15.1. The Morgan fingerprint density at radius 1 is 1.12 bits per heavy atom. The van der Waals surface area contributed by atoms with Gasteiger partial charge in [-0.05, 0) is 66.6 Å². The number of fused-ring (bicyclic) bond motifs is 2. The molecule has 5 rings (SSSR count). The Morgan fingerprint density at radius 2 is 1.84 bits per heavy atom. The molecule has 1 fully saturated rings. The third-order valence-electron chi connectivity index (χ3n) is 6.74. The average molecular weight is 447 g/mol. The van der Waals surface area contributed by atoms with E-state index >= 15 is 0 Å². The van der Waals surface area contributed by atoms with Crippen molar-refractivity contribution in [2.75, 3.05) is 26.7 Å². The van der Waals surface area contributed by atoms with Crippen LogP contribution >= 0.6 is 0 Å². The van der Waals surface area contributed by atoms with Crippen LogP contribution in [0.25, 0.3) is 11.1 Å². The fourth-order valence-electron chi connectivity index (χ4n) is 4.68. The lowest BCUT2D eigenvalue weighted by Crippen LogP contribution is -2.47. The molecule has 1 heterocycles. The standard InChI is InChI=1S/C18H25NO3.C7H3F3/c1-18(12-19-9-6-14(20)7-10-19)8-5-13-3-4-15(22-2)11-16(13)17(18)21;8-7(9,10)6-2-1-4-3-5(4)6/h3-4,11,14,20H,5-10,12H2,1-2H3;1-3H. The topological polar surface area (TPSA) is 49.8 Å². The van der Waals surface area contributed by atoms with E-state index in [1.54, 1.807) is 7.11 Å². The first kappa shape index (κ1) is 22.8. The van der Waals surface area contributed by atoms with E-state index < -0.39 is 11.7 Å². The lowest BCUT2D eigenvalue weighted by Gasteiger charge is -2.39. The molecule has 0 radical (unpaired) electrons. The maximum Gasteiger partial charge on any atom is 0.417 e. The minimum absolute atomic E-state index is 0.170. The van der Waals surface area contributed by atoms with Gasteiger partial charge < -0.3 is 14.7 Å². The maximum atomic E-state index is 13.0. The highest BCUT2D eigenvalue weighted by molar-refractivity contribution is 6.03. The molecular formula is C25H28F3NO3. The van der Waals surface area contributed by atoms with E-state index in [2.05, 4.69) is 11.8 Å². The molecule has 1 aliphatic heterocycles. The molecule has 1 atom stereocenters. The number of aliphatic hydroxyl groups excluding tert-OH is 1. The van der Waals surface area contributed by atoms with Crippen LogP contribution in [0.15, 0.2) is 36.4 Å². The van der Waals surface area contributed by atoms with E-state index in [9.17, 15) is 23.1 Å². The van der Waals surface area contributed by atoms with Crippen LogP contribution in [0.5, 0.6) is 5.75 Å². The number of methoxy groups -OCH3 is 1. The van der Waals surface area contributed by atoms with Crippen molar-refractivity contribution in [2.24, 2.45) is 5.41 Å². The molecule has 0 amide bonds. The minimum Gasteiger partial charge on any atom is -0.497 e. The quantitative estimate of drug-likeness (QED) is 0.616. The summed E-state index contributed by atoms with van der Waals surface area (Å²) in [5.41, 5.74) is 2.23. The van der Waals surface area contributed by atoms with Crippen molar-refractivity contribution in [3.8, 4) is 16.9 Å². The van der Waals surface area contributed by atoms with E-state index in [1.807, 2.05) is 18.2 Å². The number of Topliss-reactive ketones (excluding diaryl/α,β-unsaturated/α-hetero) is 1. The molecule has 32 heavy (non-hydrogen) atoms. The monoisotopic (exact) mass is 447 g/mol. The second kappa shape index (κ2) is 8.52. The highest BCUT2D eigenvalue weighted by atomic mass is 19.4. The number of piperidine rings is 1. The van der Waals surface area contributed by atoms with Crippen LogP contribution in [0.3, 0.4) is 0 Å². The van der Waals surface area contributed by atoms with Crippen molar-refractivity contribution < 1.29 is 27.8 Å². The number of aliphatic hydroxyl groups is 1. The molecule has 172 valence electrons. The number of rotatable bonds is 3. The predicted molar refractivity (Wildman–Crippen MR) is 116 cm³/mol. The molecule has 1 saturated heterocycles. The van der Waals surface area contributed by atoms with Gasteiger partial charge in [-0.3, -0.25) is 4.79 Å². The van der Waals surface area contributed by atoms with E-state index in [0.29, 0.717) is 5.56 Å². The Kier molecular flexibility index (Phi) is 6.07. The van der Waals surface area contributed by atoms with Crippen LogP contribution < -0.4 is 4.74 Å². The number of ether oxygens (including phenoxy) is 1. The molecule has 4 nitrogen and oxygen atoms in total. The largest absolute Gasteiger partial charge is 0.497 e. The maximum absolute atomic E-state index is 13.0. The first-order valence-corrected chi connectivity index (χ1v) is 10.9. The number of aryl methyl sites for hydroxylation is 1. The number of hydrogen-bond acceptors (Lipinski definition) is 4. The summed E-state index contributed by atoms with van der Waals surface area (Å²) in [6.45, 7) is 4.64. The number of benzene rings is 2. The van der Waals surface area contributed by atoms with Crippen molar-refractivity contribution in [3.63, 3.8) is 0 Å². The normalized spacial score (nSPS) is 22.6. The lowest BCUT2D eigenvalue weighted by atomic mass is 9.71. The van der Waals surface area contributed by atoms with Gasteiger partial charge in [-0.2, -0.15) is 13.2 Å². The summed E-state index contributed by atoms with van der Waals surface area (Å²) in [5, 5.41) is 9.63. The van der Waals surface area contributed by atoms with Gasteiger partial charge in [0.2, 0.25) is 0 Å². The van der Waals surface area contributed by atoms with Gasteiger partial charge in [0.1, 0.15) is 5.75 Å². The molecule has 3 aliphatic carbocycles. The van der Waals surface area contributed by atoms with Gasteiger partial charge in [-0.1, -0.05) is 19.1 Å². The number of carbonyl (C=O) groups is 1.